The molecule has 0 aliphatic rings. The van der Waals surface area contributed by atoms with Crippen molar-refractivity contribution in [2.75, 3.05) is 13.1 Å². The van der Waals surface area contributed by atoms with E-state index in [2.05, 4.69) is 6.58 Å². The Morgan fingerprint density at radius 3 is 2.32 bits per heavy atom. The van der Waals surface area contributed by atoms with E-state index in [1.807, 2.05) is 13.8 Å². The second-order valence-electron chi connectivity index (χ2n) is 3.98. The topological polar surface area (TPSA) is 20.3 Å². The number of hydrogen-bond acceptors (Lipinski definition) is 1. The van der Waals surface area contributed by atoms with Gasteiger partial charge < -0.3 is 4.90 Å². The van der Waals surface area contributed by atoms with Crippen molar-refractivity contribution in [2.24, 2.45) is 0 Å². The molecule has 0 bridgehead atoms. The first-order valence-corrected chi connectivity index (χ1v) is 5.98. The van der Waals surface area contributed by atoms with Crippen LogP contribution in [-0.4, -0.2) is 23.9 Å². The average molecular weight is 271 g/mol. The third-order valence-electron chi connectivity index (χ3n) is 2.87. The minimum Gasteiger partial charge on any atom is -0.339 e. The lowest BCUT2D eigenvalue weighted by Crippen LogP contribution is -2.30. The standard InChI is InChI=1S/C14H16F3NO/c1-4-10-9-11(13(19)18(5-2)6-3)7-8-12(10)14(15,16)17/h4,7-9H,1,5-6H2,2-3H3. The molecule has 0 saturated carbocycles. The number of amides is 1. The van der Waals surface area contributed by atoms with Crippen LogP contribution in [-0.2, 0) is 6.18 Å². The molecule has 0 aromatic heterocycles. The van der Waals surface area contributed by atoms with Crippen molar-refractivity contribution >= 4 is 12.0 Å². The lowest BCUT2D eigenvalue weighted by atomic mass is 10.0. The van der Waals surface area contributed by atoms with Crippen molar-refractivity contribution < 1.29 is 18.0 Å². The SMILES string of the molecule is C=Cc1cc(C(=O)N(CC)CC)ccc1C(F)(F)F. The summed E-state index contributed by atoms with van der Waals surface area (Å²) < 4.78 is 38.1. The Morgan fingerprint density at radius 2 is 1.89 bits per heavy atom. The highest BCUT2D eigenvalue weighted by Gasteiger charge is 2.33. The lowest BCUT2D eigenvalue weighted by Gasteiger charge is -2.19. The summed E-state index contributed by atoms with van der Waals surface area (Å²) in [7, 11) is 0. The minimum atomic E-state index is -4.44. The Hall–Kier alpha value is -1.78. The summed E-state index contributed by atoms with van der Waals surface area (Å²) in [6.45, 7) is 8.03. The van der Waals surface area contributed by atoms with E-state index in [0.717, 1.165) is 12.1 Å². The molecule has 0 fully saturated rings. The second kappa shape index (κ2) is 5.91. The summed E-state index contributed by atoms with van der Waals surface area (Å²) in [5.41, 5.74) is -0.615. The molecule has 0 heterocycles. The van der Waals surface area contributed by atoms with Gasteiger partial charge in [-0.15, -0.1) is 0 Å². The van der Waals surface area contributed by atoms with E-state index in [4.69, 9.17) is 0 Å². The summed E-state index contributed by atoms with van der Waals surface area (Å²) >= 11 is 0. The van der Waals surface area contributed by atoms with Gasteiger partial charge in [-0.1, -0.05) is 12.7 Å². The molecule has 104 valence electrons. The second-order valence-corrected chi connectivity index (χ2v) is 3.98. The molecule has 0 N–H and O–H groups in total. The van der Waals surface area contributed by atoms with E-state index in [0.29, 0.717) is 13.1 Å². The molecule has 0 aliphatic heterocycles. The first kappa shape index (κ1) is 15.3. The molecule has 5 heteroatoms. The van der Waals surface area contributed by atoms with E-state index >= 15 is 0 Å². The first-order chi connectivity index (χ1) is 8.85. The Labute approximate surface area is 110 Å². The van der Waals surface area contributed by atoms with Gasteiger partial charge in [-0.3, -0.25) is 4.79 Å². The van der Waals surface area contributed by atoms with E-state index < -0.39 is 11.7 Å². The van der Waals surface area contributed by atoms with Gasteiger partial charge in [0.25, 0.3) is 5.91 Å². The van der Waals surface area contributed by atoms with Gasteiger partial charge >= 0.3 is 6.18 Å². The lowest BCUT2D eigenvalue weighted by molar-refractivity contribution is -0.137. The molecule has 19 heavy (non-hydrogen) atoms. The quantitative estimate of drug-likeness (QED) is 0.815. The Kier molecular flexibility index (Phi) is 4.75. The van der Waals surface area contributed by atoms with Gasteiger partial charge in [0.2, 0.25) is 0 Å². The third-order valence-corrected chi connectivity index (χ3v) is 2.87. The number of halogens is 3. The van der Waals surface area contributed by atoms with E-state index in [9.17, 15) is 18.0 Å². The zero-order chi connectivity index (χ0) is 14.6. The van der Waals surface area contributed by atoms with Gasteiger partial charge in [0, 0.05) is 18.7 Å². The van der Waals surface area contributed by atoms with E-state index in [-0.39, 0.29) is 17.0 Å². The van der Waals surface area contributed by atoms with Gasteiger partial charge in [-0.2, -0.15) is 13.2 Å². The molecular weight excluding hydrogens is 255 g/mol. The number of rotatable bonds is 4. The Balaban J connectivity index is 3.21. The molecule has 1 rings (SSSR count). The van der Waals surface area contributed by atoms with Crippen molar-refractivity contribution in [1.82, 2.24) is 4.90 Å². The molecular formula is C14H16F3NO. The van der Waals surface area contributed by atoms with Crippen LogP contribution in [0.25, 0.3) is 6.08 Å². The Morgan fingerprint density at radius 1 is 1.32 bits per heavy atom. The zero-order valence-electron chi connectivity index (χ0n) is 10.9. The van der Waals surface area contributed by atoms with Crippen LogP contribution in [0, 0.1) is 0 Å². The number of carbonyl (C=O) groups is 1. The van der Waals surface area contributed by atoms with Crippen LogP contribution in [0.5, 0.6) is 0 Å². The van der Waals surface area contributed by atoms with Crippen LogP contribution in [0.1, 0.15) is 35.3 Å². The fourth-order valence-corrected chi connectivity index (χ4v) is 1.82. The van der Waals surface area contributed by atoms with Crippen LogP contribution in [0.2, 0.25) is 0 Å². The Bertz CT molecular complexity index is 476. The largest absolute Gasteiger partial charge is 0.416 e. The predicted octanol–water partition coefficient (Wildman–Crippen LogP) is 3.83. The molecule has 0 aliphatic carbocycles. The number of nitrogens with zero attached hydrogens (tertiary/aromatic N) is 1. The average Bonchev–Trinajstić information content (AvgIpc) is 2.38. The fraction of sp³-hybridized carbons (Fsp3) is 0.357. The monoisotopic (exact) mass is 271 g/mol. The normalized spacial score (nSPS) is 11.2. The summed E-state index contributed by atoms with van der Waals surface area (Å²) in [5, 5.41) is 0. The van der Waals surface area contributed by atoms with Gasteiger partial charge in [0.1, 0.15) is 0 Å². The number of hydrogen-bond donors (Lipinski definition) is 0. The summed E-state index contributed by atoms with van der Waals surface area (Å²) in [5.74, 6) is -0.276. The smallest absolute Gasteiger partial charge is 0.339 e. The van der Waals surface area contributed by atoms with Gasteiger partial charge in [-0.05, 0) is 37.6 Å². The zero-order valence-corrected chi connectivity index (χ0v) is 10.9. The van der Waals surface area contributed by atoms with Crippen LogP contribution in [0.3, 0.4) is 0 Å². The van der Waals surface area contributed by atoms with E-state index in [1.165, 1.54) is 12.1 Å². The van der Waals surface area contributed by atoms with Crippen molar-refractivity contribution in [1.29, 1.82) is 0 Å². The van der Waals surface area contributed by atoms with Gasteiger partial charge in [0.15, 0.2) is 0 Å². The number of carbonyl (C=O) groups excluding carboxylic acids is 1. The maximum Gasteiger partial charge on any atom is 0.416 e. The van der Waals surface area contributed by atoms with Crippen LogP contribution < -0.4 is 0 Å². The van der Waals surface area contributed by atoms with Crippen molar-refractivity contribution in [3.63, 3.8) is 0 Å². The highest BCUT2D eigenvalue weighted by molar-refractivity contribution is 5.95. The summed E-state index contributed by atoms with van der Waals surface area (Å²) in [4.78, 5) is 13.6. The molecule has 0 saturated heterocycles. The highest BCUT2D eigenvalue weighted by atomic mass is 19.4. The molecule has 1 aromatic carbocycles. The van der Waals surface area contributed by atoms with Crippen molar-refractivity contribution in [3.8, 4) is 0 Å². The predicted molar refractivity (Wildman–Crippen MR) is 68.8 cm³/mol. The highest BCUT2D eigenvalue weighted by Crippen LogP contribution is 2.33. The van der Waals surface area contributed by atoms with Crippen molar-refractivity contribution in [3.05, 3.63) is 41.5 Å². The third kappa shape index (κ3) is 3.36. The maximum absolute atomic E-state index is 12.7. The number of alkyl halides is 3. The first-order valence-electron chi connectivity index (χ1n) is 5.98. The molecule has 0 spiro atoms. The molecule has 1 aromatic rings. The summed E-state index contributed by atoms with van der Waals surface area (Å²) in [6.07, 6.45) is -3.33. The maximum atomic E-state index is 12.7. The minimum absolute atomic E-state index is 0.0782. The number of benzene rings is 1. The van der Waals surface area contributed by atoms with Crippen LogP contribution in [0.15, 0.2) is 24.8 Å². The molecule has 0 unspecified atom stereocenters. The van der Waals surface area contributed by atoms with E-state index in [1.54, 1.807) is 4.90 Å². The molecule has 2 nitrogen and oxygen atoms in total. The molecule has 0 radical (unpaired) electrons. The van der Waals surface area contributed by atoms with Crippen LogP contribution in [0.4, 0.5) is 13.2 Å². The van der Waals surface area contributed by atoms with Crippen molar-refractivity contribution in [2.45, 2.75) is 20.0 Å². The summed E-state index contributed by atoms with van der Waals surface area (Å²) in [6, 6.07) is 3.36. The van der Waals surface area contributed by atoms with Crippen LogP contribution >= 0.6 is 0 Å². The van der Waals surface area contributed by atoms with Gasteiger partial charge in [-0.25, -0.2) is 0 Å². The molecule has 1 amide bonds. The van der Waals surface area contributed by atoms with Gasteiger partial charge in [0.05, 0.1) is 5.56 Å². The fourth-order valence-electron chi connectivity index (χ4n) is 1.82. The molecule has 0 atom stereocenters.